The molecular formula is C10H11ClO2. The van der Waals surface area contributed by atoms with Gasteiger partial charge in [0.15, 0.2) is 0 Å². The molecule has 1 aliphatic rings. The van der Waals surface area contributed by atoms with Gasteiger partial charge in [0.2, 0.25) is 0 Å². The molecule has 0 saturated heterocycles. The first-order valence-electron chi connectivity index (χ1n) is 4.07. The number of hydrogen-bond acceptors (Lipinski definition) is 1. The summed E-state index contributed by atoms with van der Waals surface area (Å²) in [6.07, 6.45) is 0.805. The Labute approximate surface area is 83.0 Å². The van der Waals surface area contributed by atoms with Crippen LogP contribution in [0.4, 0.5) is 0 Å². The van der Waals surface area contributed by atoms with Crippen molar-refractivity contribution in [3.63, 3.8) is 0 Å². The van der Waals surface area contributed by atoms with Crippen LogP contribution in [0.3, 0.4) is 0 Å². The number of aliphatic carboxylic acids is 1. The van der Waals surface area contributed by atoms with Crippen LogP contribution in [0.5, 0.6) is 0 Å². The standard InChI is InChI=1S/C10H10O2.ClH/c11-10(12)9-6-8(9)7-4-2-1-3-5-7;/h1-5,8-9H,6H2,(H,11,12);1H. The third-order valence-electron chi connectivity index (χ3n) is 2.34. The predicted molar refractivity (Wildman–Crippen MR) is 52.2 cm³/mol. The SMILES string of the molecule is Cl.O=C(O)C1CC1c1ccccc1. The molecule has 0 radical (unpaired) electrons. The molecule has 0 aromatic heterocycles. The van der Waals surface area contributed by atoms with Crippen molar-refractivity contribution in [2.75, 3.05) is 0 Å². The maximum atomic E-state index is 10.5. The van der Waals surface area contributed by atoms with E-state index in [0.29, 0.717) is 0 Å². The lowest BCUT2D eigenvalue weighted by molar-refractivity contribution is -0.138. The highest BCUT2D eigenvalue weighted by atomic mass is 35.5. The second-order valence-corrected chi connectivity index (χ2v) is 3.20. The van der Waals surface area contributed by atoms with E-state index in [4.69, 9.17) is 5.11 Å². The molecule has 3 heteroatoms. The fourth-order valence-electron chi connectivity index (χ4n) is 1.54. The molecular weight excluding hydrogens is 188 g/mol. The summed E-state index contributed by atoms with van der Waals surface area (Å²) in [5.74, 6) is -0.528. The van der Waals surface area contributed by atoms with Gasteiger partial charge in [-0.05, 0) is 17.9 Å². The lowest BCUT2D eigenvalue weighted by Crippen LogP contribution is -1.98. The van der Waals surface area contributed by atoms with E-state index in [1.54, 1.807) is 0 Å². The van der Waals surface area contributed by atoms with Crippen LogP contribution >= 0.6 is 12.4 Å². The quantitative estimate of drug-likeness (QED) is 0.792. The van der Waals surface area contributed by atoms with Gasteiger partial charge in [-0.3, -0.25) is 4.79 Å². The molecule has 2 unspecified atom stereocenters. The number of halogens is 1. The normalized spacial score (nSPS) is 24.6. The van der Waals surface area contributed by atoms with Crippen molar-refractivity contribution < 1.29 is 9.90 Å². The van der Waals surface area contributed by atoms with E-state index in [2.05, 4.69) is 0 Å². The molecule has 0 bridgehead atoms. The number of carboxylic acids is 1. The number of benzene rings is 1. The Balaban J connectivity index is 0.000000845. The summed E-state index contributed by atoms with van der Waals surface area (Å²) >= 11 is 0. The largest absolute Gasteiger partial charge is 0.481 e. The second kappa shape index (κ2) is 3.79. The zero-order valence-corrected chi connectivity index (χ0v) is 7.83. The van der Waals surface area contributed by atoms with E-state index >= 15 is 0 Å². The lowest BCUT2D eigenvalue weighted by atomic mass is 10.1. The van der Waals surface area contributed by atoms with E-state index in [1.807, 2.05) is 30.3 Å². The Hall–Kier alpha value is -1.02. The molecule has 1 aromatic rings. The molecule has 13 heavy (non-hydrogen) atoms. The third-order valence-corrected chi connectivity index (χ3v) is 2.34. The minimum atomic E-state index is -0.663. The average molecular weight is 199 g/mol. The van der Waals surface area contributed by atoms with Crippen molar-refractivity contribution in [1.82, 2.24) is 0 Å². The molecule has 2 rings (SSSR count). The molecule has 1 saturated carbocycles. The second-order valence-electron chi connectivity index (χ2n) is 3.20. The van der Waals surface area contributed by atoms with Crippen molar-refractivity contribution in [3.05, 3.63) is 35.9 Å². The minimum absolute atomic E-state index is 0. The van der Waals surface area contributed by atoms with Crippen LogP contribution < -0.4 is 0 Å². The van der Waals surface area contributed by atoms with Gasteiger partial charge in [0.05, 0.1) is 5.92 Å². The summed E-state index contributed by atoms with van der Waals surface area (Å²) in [6, 6.07) is 9.84. The molecule has 0 amide bonds. The maximum absolute atomic E-state index is 10.5. The Kier molecular flexibility index (Phi) is 2.94. The van der Waals surface area contributed by atoms with Gasteiger partial charge in [-0.2, -0.15) is 0 Å². The summed E-state index contributed by atoms with van der Waals surface area (Å²) in [5, 5.41) is 8.68. The van der Waals surface area contributed by atoms with E-state index < -0.39 is 5.97 Å². The topological polar surface area (TPSA) is 37.3 Å². The van der Waals surface area contributed by atoms with Crippen molar-refractivity contribution in [3.8, 4) is 0 Å². The Bertz CT molecular complexity index is 297. The van der Waals surface area contributed by atoms with Crippen LogP contribution in [0.15, 0.2) is 30.3 Å². The first kappa shape index (κ1) is 10.1. The van der Waals surface area contributed by atoms with Gasteiger partial charge >= 0.3 is 5.97 Å². The van der Waals surface area contributed by atoms with Crippen molar-refractivity contribution in [2.24, 2.45) is 5.92 Å². The van der Waals surface area contributed by atoms with Crippen molar-refractivity contribution >= 4 is 18.4 Å². The molecule has 0 heterocycles. The first-order valence-corrected chi connectivity index (χ1v) is 4.07. The van der Waals surface area contributed by atoms with E-state index in [1.165, 1.54) is 0 Å². The molecule has 70 valence electrons. The Morgan fingerprint density at radius 2 is 1.92 bits per heavy atom. The highest BCUT2D eigenvalue weighted by molar-refractivity contribution is 5.85. The van der Waals surface area contributed by atoms with Gasteiger partial charge in [-0.25, -0.2) is 0 Å². The summed E-state index contributed by atoms with van der Waals surface area (Å²) in [6.45, 7) is 0. The van der Waals surface area contributed by atoms with Gasteiger partial charge in [-0.1, -0.05) is 30.3 Å². The number of hydrogen-bond donors (Lipinski definition) is 1. The number of rotatable bonds is 2. The van der Waals surface area contributed by atoms with Crippen LogP contribution in [-0.2, 0) is 4.79 Å². The molecule has 2 nitrogen and oxygen atoms in total. The highest BCUT2D eigenvalue weighted by Gasteiger charge is 2.43. The number of carbonyl (C=O) groups is 1. The monoisotopic (exact) mass is 198 g/mol. The summed E-state index contributed by atoms with van der Waals surface area (Å²) in [5.41, 5.74) is 1.16. The molecule has 1 fully saturated rings. The smallest absolute Gasteiger partial charge is 0.307 e. The zero-order valence-electron chi connectivity index (χ0n) is 7.01. The van der Waals surface area contributed by atoms with Gasteiger partial charge < -0.3 is 5.11 Å². The zero-order chi connectivity index (χ0) is 8.55. The maximum Gasteiger partial charge on any atom is 0.307 e. The molecule has 1 N–H and O–H groups in total. The summed E-state index contributed by atoms with van der Waals surface area (Å²) in [7, 11) is 0. The van der Waals surface area contributed by atoms with Gasteiger partial charge in [0.25, 0.3) is 0 Å². The molecule has 0 aliphatic heterocycles. The van der Waals surface area contributed by atoms with Crippen LogP contribution in [0, 0.1) is 5.92 Å². The van der Waals surface area contributed by atoms with E-state index in [0.717, 1.165) is 12.0 Å². The summed E-state index contributed by atoms with van der Waals surface area (Å²) < 4.78 is 0. The predicted octanol–water partition coefficient (Wildman–Crippen LogP) is 2.30. The van der Waals surface area contributed by atoms with Crippen LogP contribution in [0.2, 0.25) is 0 Å². The van der Waals surface area contributed by atoms with Crippen molar-refractivity contribution in [2.45, 2.75) is 12.3 Å². The van der Waals surface area contributed by atoms with Gasteiger partial charge in [0.1, 0.15) is 0 Å². The van der Waals surface area contributed by atoms with Gasteiger partial charge in [-0.15, -0.1) is 12.4 Å². The van der Waals surface area contributed by atoms with E-state index in [-0.39, 0.29) is 24.2 Å². The third kappa shape index (κ3) is 2.01. The molecule has 2 atom stereocenters. The van der Waals surface area contributed by atoms with E-state index in [9.17, 15) is 4.79 Å². The Morgan fingerprint density at radius 1 is 1.31 bits per heavy atom. The lowest BCUT2D eigenvalue weighted by Gasteiger charge is -1.95. The van der Waals surface area contributed by atoms with Gasteiger partial charge in [0, 0.05) is 0 Å². The molecule has 1 aromatic carbocycles. The van der Waals surface area contributed by atoms with Crippen molar-refractivity contribution in [1.29, 1.82) is 0 Å². The summed E-state index contributed by atoms with van der Waals surface area (Å²) in [4.78, 5) is 10.5. The van der Waals surface area contributed by atoms with Crippen LogP contribution in [0.25, 0.3) is 0 Å². The molecule has 0 spiro atoms. The number of carboxylic acid groups (broad SMARTS) is 1. The Morgan fingerprint density at radius 3 is 2.38 bits per heavy atom. The fraction of sp³-hybridized carbons (Fsp3) is 0.300. The molecule has 1 aliphatic carbocycles. The fourth-order valence-corrected chi connectivity index (χ4v) is 1.54. The first-order chi connectivity index (χ1) is 5.79. The van der Waals surface area contributed by atoms with Crippen LogP contribution in [0.1, 0.15) is 17.9 Å². The minimum Gasteiger partial charge on any atom is -0.481 e. The average Bonchev–Trinajstić information content (AvgIpc) is 2.84. The van der Waals surface area contributed by atoms with Crippen LogP contribution in [-0.4, -0.2) is 11.1 Å². The highest BCUT2D eigenvalue weighted by Crippen LogP contribution is 2.47.